The van der Waals surface area contributed by atoms with Crippen LogP contribution in [0, 0.1) is 10.1 Å². The molecule has 1 fully saturated rings. The Kier molecular flexibility index (Phi) is 4.16. The number of thioether (sulfide) groups is 1. The molecule has 1 saturated heterocycles. The van der Waals surface area contributed by atoms with Crippen molar-refractivity contribution in [2.24, 2.45) is 0 Å². The van der Waals surface area contributed by atoms with Gasteiger partial charge in [0.05, 0.1) is 4.92 Å². The summed E-state index contributed by atoms with van der Waals surface area (Å²) in [5.41, 5.74) is 0.606. The first-order chi connectivity index (χ1) is 10.2. The molecule has 1 N–H and O–H groups in total. The molecule has 0 amide bonds. The maximum Gasteiger partial charge on any atom is 0.270 e. The number of nitro benzene ring substituents is 1. The van der Waals surface area contributed by atoms with Gasteiger partial charge in [-0.1, -0.05) is 17.3 Å². The Labute approximate surface area is 125 Å². The van der Waals surface area contributed by atoms with Crippen molar-refractivity contribution >= 4 is 17.4 Å². The first-order valence-electron chi connectivity index (χ1n) is 6.61. The molecule has 8 heteroatoms. The van der Waals surface area contributed by atoms with E-state index in [0.29, 0.717) is 29.7 Å². The van der Waals surface area contributed by atoms with Crippen molar-refractivity contribution in [1.82, 2.24) is 15.5 Å². The minimum atomic E-state index is -0.437. The van der Waals surface area contributed by atoms with Crippen LogP contribution in [0.2, 0.25) is 0 Å². The number of nitrogens with zero attached hydrogens (tertiary/aromatic N) is 3. The minimum absolute atomic E-state index is 0.0178. The number of non-ortho nitro benzene ring substituents is 1. The van der Waals surface area contributed by atoms with Crippen molar-refractivity contribution in [3.8, 4) is 11.4 Å². The number of benzene rings is 1. The fourth-order valence-corrected chi connectivity index (χ4v) is 3.12. The predicted molar refractivity (Wildman–Crippen MR) is 79.2 cm³/mol. The van der Waals surface area contributed by atoms with Gasteiger partial charge in [-0.05, 0) is 0 Å². The van der Waals surface area contributed by atoms with Crippen molar-refractivity contribution < 1.29 is 9.45 Å². The molecule has 1 unspecified atom stereocenters. The molecule has 7 nitrogen and oxygen atoms in total. The van der Waals surface area contributed by atoms with Crippen LogP contribution in [0.25, 0.3) is 11.4 Å². The van der Waals surface area contributed by atoms with Crippen LogP contribution in [0.4, 0.5) is 5.69 Å². The Bertz CT molecular complexity index is 640. The summed E-state index contributed by atoms with van der Waals surface area (Å²) in [7, 11) is 0. The van der Waals surface area contributed by atoms with Gasteiger partial charge in [0, 0.05) is 48.2 Å². The molecule has 1 aromatic carbocycles. The SMILES string of the molecule is O=[N+]([O-])c1cccc(-c2noc(CC3CSCCN3)n2)c1. The topological polar surface area (TPSA) is 94.1 Å². The lowest BCUT2D eigenvalue weighted by molar-refractivity contribution is -0.384. The molecule has 1 aliphatic heterocycles. The molecule has 1 aliphatic rings. The highest BCUT2D eigenvalue weighted by atomic mass is 32.2. The molecule has 0 radical (unpaired) electrons. The Balaban J connectivity index is 1.75. The summed E-state index contributed by atoms with van der Waals surface area (Å²) in [6, 6.07) is 6.57. The first kappa shape index (κ1) is 14.0. The minimum Gasteiger partial charge on any atom is -0.339 e. The normalized spacial score (nSPS) is 18.6. The van der Waals surface area contributed by atoms with E-state index in [-0.39, 0.29) is 5.69 Å². The molecule has 2 aromatic rings. The molecule has 0 saturated carbocycles. The van der Waals surface area contributed by atoms with Crippen LogP contribution in [0.3, 0.4) is 0 Å². The Morgan fingerprint density at radius 2 is 2.43 bits per heavy atom. The lowest BCUT2D eigenvalue weighted by Crippen LogP contribution is -2.38. The van der Waals surface area contributed by atoms with E-state index in [1.54, 1.807) is 12.1 Å². The summed E-state index contributed by atoms with van der Waals surface area (Å²) in [4.78, 5) is 14.7. The third-order valence-corrected chi connectivity index (χ3v) is 4.33. The highest BCUT2D eigenvalue weighted by Crippen LogP contribution is 2.22. The molecular formula is C13H14N4O3S. The smallest absolute Gasteiger partial charge is 0.270 e. The van der Waals surface area contributed by atoms with Crippen molar-refractivity contribution in [3.63, 3.8) is 0 Å². The number of nitro groups is 1. The summed E-state index contributed by atoms with van der Waals surface area (Å²) >= 11 is 1.90. The molecule has 0 bridgehead atoms. The van der Waals surface area contributed by atoms with Gasteiger partial charge in [0.15, 0.2) is 0 Å². The Hall–Kier alpha value is -1.93. The second-order valence-corrected chi connectivity index (χ2v) is 5.90. The first-order valence-corrected chi connectivity index (χ1v) is 7.76. The van der Waals surface area contributed by atoms with E-state index < -0.39 is 4.92 Å². The van der Waals surface area contributed by atoms with Crippen molar-refractivity contribution in [2.45, 2.75) is 12.5 Å². The van der Waals surface area contributed by atoms with Gasteiger partial charge in [-0.2, -0.15) is 16.7 Å². The molecule has 0 aliphatic carbocycles. The average molecular weight is 306 g/mol. The molecular weight excluding hydrogens is 292 g/mol. The number of aromatic nitrogens is 2. The fourth-order valence-electron chi connectivity index (χ4n) is 2.18. The van der Waals surface area contributed by atoms with E-state index in [4.69, 9.17) is 4.52 Å². The van der Waals surface area contributed by atoms with E-state index in [0.717, 1.165) is 18.1 Å². The fraction of sp³-hybridized carbons (Fsp3) is 0.385. The van der Waals surface area contributed by atoms with Crippen molar-refractivity contribution in [2.75, 3.05) is 18.1 Å². The monoisotopic (exact) mass is 306 g/mol. The number of nitrogens with one attached hydrogen (secondary N) is 1. The van der Waals surface area contributed by atoms with Gasteiger partial charge in [-0.25, -0.2) is 0 Å². The quantitative estimate of drug-likeness (QED) is 0.681. The second-order valence-electron chi connectivity index (χ2n) is 4.75. The third kappa shape index (κ3) is 3.40. The molecule has 2 heterocycles. The molecule has 21 heavy (non-hydrogen) atoms. The van der Waals surface area contributed by atoms with Gasteiger partial charge in [0.25, 0.3) is 5.69 Å². The molecule has 1 aromatic heterocycles. The highest BCUT2D eigenvalue weighted by molar-refractivity contribution is 7.99. The van der Waals surface area contributed by atoms with Crippen molar-refractivity contribution in [1.29, 1.82) is 0 Å². The van der Waals surface area contributed by atoms with Gasteiger partial charge in [0.1, 0.15) is 0 Å². The molecule has 0 spiro atoms. The van der Waals surface area contributed by atoms with E-state index in [2.05, 4.69) is 15.5 Å². The number of hydrogen-bond acceptors (Lipinski definition) is 7. The van der Waals surface area contributed by atoms with Gasteiger partial charge in [0.2, 0.25) is 11.7 Å². The van der Waals surface area contributed by atoms with Gasteiger partial charge >= 0.3 is 0 Å². The maximum atomic E-state index is 10.8. The van der Waals surface area contributed by atoms with Crippen LogP contribution in [0.1, 0.15) is 5.89 Å². The van der Waals surface area contributed by atoms with Crippen LogP contribution >= 0.6 is 11.8 Å². The lowest BCUT2D eigenvalue weighted by Gasteiger charge is -2.21. The third-order valence-electron chi connectivity index (χ3n) is 3.20. The number of hydrogen-bond donors (Lipinski definition) is 1. The van der Waals surface area contributed by atoms with Crippen LogP contribution in [-0.4, -0.2) is 39.2 Å². The predicted octanol–water partition coefficient (Wildman–Crippen LogP) is 1.89. The Morgan fingerprint density at radius 3 is 3.19 bits per heavy atom. The largest absolute Gasteiger partial charge is 0.339 e. The van der Waals surface area contributed by atoms with Crippen molar-refractivity contribution in [3.05, 3.63) is 40.3 Å². The van der Waals surface area contributed by atoms with Crippen LogP contribution in [-0.2, 0) is 6.42 Å². The molecule has 1 atom stereocenters. The maximum absolute atomic E-state index is 10.8. The second kappa shape index (κ2) is 6.23. The lowest BCUT2D eigenvalue weighted by atomic mass is 10.2. The Morgan fingerprint density at radius 1 is 1.52 bits per heavy atom. The standard InChI is InChI=1S/C13H14N4O3S/c18-17(19)11-3-1-2-9(6-11)13-15-12(20-16-13)7-10-8-21-5-4-14-10/h1-3,6,10,14H,4-5,7-8H2. The average Bonchev–Trinajstić information content (AvgIpc) is 2.97. The summed E-state index contributed by atoms with van der Waals surface area (Å²) in [6.45, 7) is 0.987. The molecule has 110 valence electrons. The molecule has 3 rings (SSSR count). The van der Waals surface area contributed by atoms with E-state index in [1.165, 1.54) is 12.1 Å². The zero-order chi connectivity index (χ0) is 14.7. The highest BCUT2D eigenvalue weighted by Gasteiger charge is 2.18. The van der Waals surface area contributed by atoms with E-state index in [1.807, 2.05) is 11.8 Å². The zero-order valence-electron chi connectivity index (χ0n) is 11.2. The summed E-state index contributed by atoms with van der Waals surface area (Å²) in [5, 5.41) is 18.1. The summed E-state index contributed by atoms with van der Waals surface area (Å²) in [5.74, 6) is 3.09. The van der Waals surface area contributed by atoms with Gasteiger partial charge < -0.3 is 9.84 Å². The summed E-state index contributed by atoms with van der Waals surface area (Å²) in [6.07, 6.45) is 0.676. The van der Waals surface area contributed by atoms with Gasteiger partial charge in [-0.15, -0.1) is 0 Å². The van der Waals surface area contributed by atoms with E-state index >= 15 is 0 Å². The van der Waals surface area contributed by atoms with Gasteiger partial charge in [-0.3, -0.25) is 10.1 Å². The summed E-state index contributed by atoms with van der Waals surface area (Å²) < 4.78 is 5.24. The van der Waals surface area contributed by atoms with Crippen LogP contribution in [0.5, 0.6) is 0 Å². The zero-order valence-corrected chi connectivity index (χ0v) is 12.0. The van der Waals surface area contributed by atoms with Crippen LogP contribution in [0.15, 0.2) is 28.8 Å². The van der Waals surface area contributed by atoms with Crippen LogP contribution < -0.4 is 5.32 Å². The van der Waals surface area contributed by atoms with E-state index in [9.17, 15) is 10.1 Å². The number of rotatable bonds is 4.